The molecule has 0 bridgehead atoms. The molecular formula is C26H26ClF3N2O2. The van der Waals surface area contributed by atoms with E-state index in [1.807, 2.05) is 34.7 Å². The molecule has 1 aliphatic heterocycles. The third-order valence-corrected chi connectivity index (χ3v) is 7.31. The smallest absolute Gasteiger partial charge is 0.406 e. The third-order valence-electron chi connectivity index (χ3n) is 6.88. The molecule has 1 aliphatic carbocycles. The number of fused-ring (bicyclic) bond motifs is 1. The van der Waals surface area contributed by atoms with E-state index >= 15 is 0 Å². The zero-order valence-electron chi connectivity index (χ0n) is 18.9. The van der Waals surface area contributed by atoms with Crippen LogP contribution in [-0.2, 0) is 13.5 Å². The normalized spacial score (nSPS) is 16.8. The standard InChI is InChI=1S/C26H26ClF3N2O2/c1-31-18(13-17-7-8-19(15-23(17)31)34-26(28,29)30)14-22-20(16-5-6-16)9-10-21(24(22)27)25(33)32-11-3-2-4-12-32/h7-10,13,15-16H,2-6,11-12,14H2,1H3. The second kappa shape index (κ2) is 8.84. The number of ether oxygens (including phenoxy) is 1. The van der Waals surface area contributed by atoms with Gasteiger partial charge in [-0.15, -0.1) is 13.2 Å². The first-order valence-corrected chi connectivity index (χ1v) is 12.0. The van der Waals surface area contributed by atoms with Gasteiger partial charge in [-0.1, -0.05) is 17.7 Å². The Morgan fingerprint density at radius 3 is 2.50 bits per heavy atom. The van der Waals surface area contributed by atoms with Gasteiger partial charge in [0.2, 0.25) is 0 Å². The Hall–Kier alpha value is -2.67. The zero-order valence-corrected chi connectivity index (χ0v) is 19.7. The summed E-state index contributed by atoms with van der Waals surface area (Å²) in [6, 6.07) is 10.2. The highest BCUT2D eigenvalue weighted by atomic mass is 35.5. The Morgan fingerprint density at radius 1 is 1.09 bits per heavy atom. The molecule has 8 heteroatoms. The van der Waals surface area contributed by atoms with Crippen molar-refractivity contribution >= 4 is 28.4 Å². The fourth-order valence-electron chi connectivity index (χ4n) is 4.94. The van der Waals surface area contributed by atoms with Gasteiger partial charge in [-0.2, -0.15) is 0 Å². The van der Waals surface area contributed by atoms with Gasteiger partial charge >= 0.3 is 6.36 Å². The van der Waals surface area contributed by atoms with Crippen molar-refractivity contribution in [1.29, 1.82) is 0 Å². The molecule has 4 nitrogen and oxygen atoms in total. The van der Waals surface area contributed by atoms with Crippen molar-refractivity contribution in [2.24, 2.45) is 7.05 Å². The van der Waals surface area contributed by atoms with Gasteiger partial charge in [0.25, 0.3) is 5.91 Å². The van der Waals surface area contributed by atoms with Crippen LogP contribution in [0, 0.1) is 0 Å². The maximum Gasteiger partial charge on any atom is 0.573 e. The lowest BCUT2D eigenvalue weighted by atomic mass is 9.95. The Bertz CT molecular complexity index is 1240. The third kappa shape index (κ3) is 4.63. The predicted octanol–water partition coefficient (Wildman–Crippen LogP) is 6.82. The van der Waals surface area contributed by atoms with Crippen LogP contribution < -0.4 is 4.74 Å². The van der Waals surface area contributed by atoms with E-state index in [9.17, 15) is 18.0 Å². The summed E-state index contributed by atoms with van der Waals surface area (Å²) < 4.78 is 44.0. The van der Waals surface area contributed by atoms with Gasteiger partial charge in [-0.05, 0) is 73.4 Å². The molecule has 1 saturated carbocycles. The molecule has 180 valence electrons. The van der Waals surface area contributed by atoms with Crippen molar-refractivity contribution in [1.82, 2.24) is 9.47 Å². The number of carbonyl (C=O) groups is 1. The first kappa shape index (κ1) is 23.1. The molecule has 0 unspecified atom stereocenters. The van der Waals surface area contributed by atoms with Gasteiger partial charge in [-0.3, -0.25) is 4.79 Å². The van der Waals surface area contributed by atoms with Crippen molar-refractivity contribution in [3.05, 3.63) is 63.8 Å². The quantitative estimate of drug-likeness (QED) is 0.393. The fourth-order valence-corrected chi connectivity index (χ4v) is 5.26. The lowest BCUT2D eigenvalue weighted by Crippen LogP contribution is -2.35. The summed E-state index contributed by atoms with van der Waals surface area (Å²) >= 11 is 6.90. The number of aromatic nitrogens is 1. The van der Waals surface area contributed by atoms with Crippen LogP contribution in [0.5, 0.6) is 5.75 Å². The van der Waals surface area contributed by atoms with Crippen molar-refractivity contribution in [3.8, 4) is 5.75 Å². The van der Waals surface area contributed by atoms with E-state index in [1.165, 1.54) is 12.1 Å². The molecule has 5 rings (SSSR count). The topological polar surface area (TPSA) is 34.5 Å². The number of amides is 1. The Morgan fingerprint density at radius 2 is 1.82 bits per heavy atom. The molecule has 2 aromatic carbocycles. The molecule has 1 aromatic heterocycles. The van der Waals surface area contributed by atoms with Gasteiger partial charge in [0.15, 0.2) is 0 Å². The van der Waals surface area contributed by atoms with Gasteiger partial charge < -0.3 is 14.2 Å². The second-order valence-electron chi connectivity index (χ2n) is 9.26. The molecule has 0 spiro atoms. The highest BCUT2D eigenvalue weighted by Gasteiger charge is 2.32. The highest BCUT2D eigenvalue weighted by molar-refractivity contribution is 6.34. The molecule has 2 fully saturated rings. The molecule has 1 saturated heterocycles. The van der Waals surface area contributed by atoms with E-state index in [-0.39, 0.29) is 11.7 Å². The Labute approximate surface area is 201 Å². The van der Waals surface area contributed by atoms with Crippen molar-refractivity contribution < 1.29 is 22.7 Å². The van der Waals surface area contributed by atoms with Gasteiger partial charge in [0, 0.05) is 43.7 Å². The number of carbonyl (C=O) groups excluding carboxylic acids is 1. The minimum Gasteiger partial charge on any atom is -0.406 e. The first-order valence-electron chi connectivity index (χ1n) is 11.7. The number of likely N-dealkylation sites (tertiary alicyclic amines) is 1. The molecule has 1 amide bonds. The van der Waals surface area contributed by atoms with Gasteiger partial charge in [0.05, 0.1) is 16.1 Å². The van der Waals surface area contributed by atoms with E-state index < -0.39 is 6.36 Å². The Kier molecular flexibility index (Phi) is 6.00. The van der Waals surface area contributed by atoms with E-state index in [0.717, 1.165) is 67.4 Å². The van der Waals surface area contributed by atoms with Crippen LogP contribution in [-0.4, -0.2) is 34.8 Å². The van der Waals surface area contributed by atoms with Crippen molar-refractivity contribution in [2.45, 2.75) is 50.8 Å². The number of rotatable bonds is 5. The van der Waals surface area contributed by atoms with Crippen molar-refractivity contribution in [2.75, 3.05) is 13.1 Å². The highest BCUT2D eigenvalue weighted by Crippen LogP contribution is 2.45. The minimum absolute atomic E-state index is 0.0284. The summed E-state index contributed by atoms with van der Waals surface area (Å²) in [7, 11) is 1.82. The maximum absolute atomic E-state index is 13.2. The lowest BCUT2D eigenvalue weighted by molar-refractivity contribution is -0.274. The number of hydrogen-bond donors (Lipinski definition) is 0. The minimum atomic E-state index is -4.74. The summed E-state index contributed by atoms with van der Waals surface area (Å²) in [6.45, 7) is 1.50. The zero-order chi connectivity index (χ0) is 24.0. The molecule has 2 heterocycles. The van der Waals surface area contributed by atoms with Crippen LogP contribution in [0.1, 0.15) is 65.2 Å². The summed E-state index contributed by atoms with van der Waals surface area (Å²) in [6.07, 6.45) is 1.09. The predicted molar refractivity (Wildman–Crippen MR) is 126 cm³/mol. The number of aryl methyl sites for hydroxylation is 1. The average Bonchev–Trinajstić information content (AvgIpc) is 3.60. The number of piperidine rings is 1. The number of hydrogen-bond acceptors (Lipinski definition) is 2. The van der Waals surface area contributed by atoms with Crippen LogP contribution in [0.25, 0.3) is 10.9 Å². The summed E-state index contributed by atoms with van der Waals surface area (Å²) in [5.41, 5.74) is 4.17. The van der Waals surface area contributed by atoms with Crippen LogP contribution in [0.2, 0.25) is 5.02 Å². The maximum atomic E-state index is 13.2. The molecule has 2 aliphatic rings. The summed E-state index contributed by atoms with van der Waals surface area (Å²) in [5.74, 6) is 0.158. The second-order valence-corrected chi connectivity index (χ2v) is 9.64. The molecular weight excluding hydrogens is 465 g/mol. The fraction of sp³-hybridized carbons (Fsp3) is 0.423. The van der Waals surface area contributed by atoms with Crippen LogP contribution in [0.15, 0.2) is 36.4 Å². The number of nitrogens with zero attached hydrogens (tertiary/aromatic N) is 2. The van der Waals surface area contributed by atoms with Crippen LogP contribution in [0.3, 0.4) is 0 Å². The van der Waals surface area contributed by atoms with E-state index in [1.54, 1.807) is 6.07 Å². The largest absolute Gasteiger partial charge is 0.573 e. The average molecular weight is 491 g/mol. The molecule has 0 N–H and O–H groups in total. The van der Waals surface area contributed by atoms with Crippen molar-refractivity contribution in [3.63, 3.8) is 0 Å². The number of alkyl halides is 3. The lowest BCUT2D eigenvalue weighted by Gasteiger charge is -2.27. The molecule has 0 atom stereocenters. The Balaban J connectivity index is 1.50. The van der Waals surface area contributed by atoms with E-state index in [2.05, 4.69) is 4.74 Å². The number of benzene rings is 2. The molecule has 34 heavy (non-hydrogen) atoms. The summed E-state index contributed by atoms with van der Waals surface area (Å²) in [5, 5.41) is 1.31. The summed E-state index contributed by atoms with van der Waals surface area (Å²) in [4.78, 5) is 15.1. The van der Waals surface area contributed by atoms with Crippen LogP contribution in [0.4, 0.5) is 13.2 Å². The molecule has 3 aromatic rings. The van der Waals surface area contributed by atoms with E-state index in [0.29, 0.717) is 28.4 Å². The van der Waals surface area contributed by atoms with E-state index in [4.69, 9.17) is 11.6 Å². The monoisotopic (exact) mass is 490 g/mol. The first-order chi connectivity index (χ1) is 16.2. The SMILES string of the molecule is Cn1c(Cc2c(C3CC3)ccc(C(=O)N3CCCCC3)c2Cl)cc2ccc(OC(F)(F)F)cc21. The van der Waals surface area contributed by atoms with Gasteiger partial charge in [-0.25, -0.2) is 0 Å². The molecule has 0 radical (unpaired) electrons. The van der Waals surface area contributed by atoms with Gasteiger partial charge in [0.1, 0.15) is 5.75 Å². The number of halogens is 4. The van der Waals surface area contributed by atoms with Crippen LogP contribution >= 0.6 is 11.6 Å².